The van der Waals surface area contributed by atoms with Crippen LogP contribution in [0.15, 0.2) is 23.3 Å². The number of rotatable bonds is 9. The second-order valence-corrected chi connectivity index (χ2v) is 7.14. The molecule has 1 aromatic rings. The smallest absolute Gasteiger partial charge is 0.394 e. The van der Waals surface area contributed by atoms with Crippen LogP contribution in [-0.4, -0.2) is 23.4 Å². The van der Waals surface area contributed by atoms with Gasteiger partial charge in [0.25, 0.3) is 0 Å². The van der Waals surface area contributed by atoms with Gasteiger partial charge in [0.15, 0.2) is 5.75 Å². The Morgan fingerprint density at radius 3 is 2.54 bits per heavy atom. The van der Waals surface area contributed by atoms with E-state index in [4.69, 9.17) is 39.1 Å². The zero-order chi connectivity index (χ0) is 20.0. The lowest BCUT2D eigenvalue weighted by atomic mass is 10.1. The topological polar surface area (TPSA) is 161 Å². The van der Waals surface area contributed by atoms with Crippen molar-refractivity contribution >= 4 is 37.1 Å². The van der Waals surface area contributed by atoms with Crippen molar-refractivity contribution in [1.82, 2.24) is 4.59 Å². The van der Waals surface area contributed by atoms with Gasteiger partial charge >= 0.3 is 13.9 Å². The Kier molecular flexibility index (Phi) is 7.83. The van der Waals surface area contributed by atoms with Gasteiger partial charge in [-0.3, -0.25) is 4.89 Å². The summed E-state index contributed by atoms with van der Waals surface area (Å²) >= 11 is 5.88. The van der Waals surface area contributed by atoms with E-state index in [0.29, 0.717) is 6.42 Å². The zero-order valence-corrected chi connectivity index (χ0v) is 16.0. The number of nitrogens with two attached hydrogens (primary N) is 3. The van der Waals surface area contributed by atoms with Gasteiger partial charge in [-0.2, -0.15) is 0 Å². The predicted octanol–water partition coefficient (Wildman–Crippen LogP) is 2.76. The molecule has 0 aliphatic carbocycles. The third-order valence-electron chi connectivity index (χ3n) is 3.55. The molecule has 26 heavy (non-hydrogen) atoms. The van der Waals surface area contributed by atoms with Crippen LogP contribution in [0.5, 0.6) is 5.75 Å². The van der Waals surface area contributed by atoms with Crippen LogP contribution in [-0.2, 0) is 4.57 Å². The molecule has 2 atom stereocenters. The number of hydrogen-bond acceptors (Lipinski definition) is 4. The fourth-order valence-electron chi connectivity index (χ4n) is 2.48. The fourth-order valence-corrected chi connectivity index (χ4v) is 3.03. The highest BCUT2D eigenvalue weighted by Crippen LogP contribution is 2.49. The van der Waals surface area contributed by atoms with Crippen LogP contribution in [0.25, 0.3) is 0 Å². The van der Waals surface area contributed by atoms with Crippen molar-refractivity contribution in [2.24, 2.45) is 22.3 Å². The largest absolute Gasteiger partial charge is 0.567 e. The molecule has 0 radical (unpaired) electrons. The summed E-state index contributed by atoms with van der Waals surface area (Å²) in [7, 11) is -5.40. The molecule has 9 nitrogen and oxygen atoms in total. The zero-order valence-electron chi connectivity index (χ0n) is 14.4. The molecule has 0 bridgehead atoms. The summed E-state index contributed by atoms with van der Waals surface area (Å²) in [6.45, 7) is 2.20. The summed E-state index contributed by atoms with van der Waals surface area (Å²) in [5.74, 6) is -1.24. The van der Waals surface area contributed by atoms with Crippen molar-refractivity contribution in [3.05, 3.63) is 23.2 Å². The van der Waals surface area contributed by atoms with E-state index in [1.54, 1.807) is 0 Å². The van der Waals surface area contributed by atoms with Gasteiger partial charge in [0.05, 0.1) is 0 Å². The van der Waals surface area contributed by atoms with Crippen LogP contribution in [0.1, 0.15) is 32.6 Å². The van der Waals surface area contributed by atoms with Crippen LogP contribution < -0.4 is 26.3 Å². The molecule has 0 aromatic heterocycles. The Labute approximate surface area is 156 Å². The summed E-state index contributed by atoms with van der Waals surface area (Å²) in [6.07, 6.45) is 3.32. The number of hydrogen-bond donors (Lipinski definition) is 5. The maximum absolute atomic E-state index is 13.3. The normalized spacial score (nSPS) is 15.5. The quantitative estimate of drug-likeness (QED) is 0.105. The molecule has 0 saturated carbocycles. The first-order chi connectivity index (χ1) is 12.0. The monoisotopic (exact) mass is 409 g/mol. The lowest BCUT2D eigenvalue weighted by molar-refractivity contribution is 0.323. The number of nitrogens with one attached hydrogen (secondary N) is 1. The third-order valence-corrected chi connectivity index (χ3v) is 4.21. The maximum Gasteiger partial charge on any atom is 0.567 e. The van der Waals surface area contributed by atoms with Gasteiger partial charge in [0.1, 0.15) is 6.54 Å². The van der Waals surface area contributed by atoms with Crippen LogP contribution >= 0.6 is 19.5 Å². The standard InChI is InChI=1S/C14H23ClFN6O3P/c1-2-3-4-5-8-22(14(19)20,21-13(17)18)11-7-6-10(15)9-12(11)25-26(16,23)24/h6-7,9H,2-5,8H2,1H3,(H7-,17,18,19,20,21,23,24)/p+1. The summed E-state index contributed by atoms with van der Waals surface area (Å²) < 4.78 is 28.2. The minimum absolute atomic E-state index is 0.0127. The SMILES string of the molecule is CCCCCC[N+](N=C(N)N)(C(=N)N)c1ccc(Cl)cc1OP(=O)(O)F. The highest BCUT2D eigenvalue weighted by molar-refractivity contribution is 7.47. The molecular weight excluding hydrogens is 386 g/mol. The minimum atomic E-state index is -5.40. The second kappa shape index (κ2) is 9.18. The fraction of sp³-hybridized carbons (Fsp3) is 0.429. The molecule has 146 valence electrons. The number of unbranched alkanes of at least 4 members (excludes halogenated alkanes) is 3. The lowest BCUT2D eigenvalue weighted by Crippen LogP contribution is -2.56. The van der Waals surface area contributed by atoms with E-state index in [0.717, 1.165) is 25.3 Å². The number of benzene rings is 1. The van der Waals surface area contributed by atoms with E-state index in [1.807, 2.05) is 6.92 Å². The first-order valence-corrected chi connectivity index (χ1v) is 9.72. The summed E-state index contributed by atoms with van der Waals surface area (Å²) in [4.78, 5) is 8.97. The molecule has 0 saturated heterocycles. The Morgan fingerprint density at radius 1 is 1.38 bits per heavy atom. The van der Waals surface area contributed by atoms with E-state index in [-0.39, 0.29) is 29.0 Å². The van der Waals surface area contributed by atoms with Gasteiger partial charge in [0.2, 0.25) is 11.6 Å². The first kappa shape index (κ1) is 22.2. The van der Waals surface area contributed by atoms with Crippen molar-refractivity contribution in [1.29, 1.82) is 5.41 Å². The van der Waals surface area contributed by atoms with E-state index in [9.17, 15) is 8.76 Å². The van der Waals surface area contributed by atoms with Crippen molar-refractivity contribution in [3.8, 4) is 5.75 Å². The molecule has 0 fully saturated rings. The van der Waals surface area contributed by atoms with Crippen molar-refractivity contribution < 1.29 is 18.2 Å². The molecule has 2 unspecified atom stereocenters. The van der Waals surface area contributed by atoms with Crippen LogP contribution in [0.2, 0.25) is 5.02 Å². The predicted molar refractivity (Wildman–Crippen MR) is 102 cm³/mol. The van der Waals surface area contributed by atoms with Crippen LogP contribution in [0.4, 0.5) is 9.88 Å². The number of quaternary nitrogens is 1. The van der Waals surface area contributed by atoms with Gasteiger partial charge in [-0.25, -0.2) is 9.97 Å². The van der Waals surface area contributed by atoms with E-state index < -0.39 is 18.5 Å². The lowest BCUT2D eigenvalue weighted by Gasteiger charge is -2.30. The van der Waals surface area contributed by atoms with Crippen LogP contribution in [0.3, 0.4) is 0 Å². The highest BCUT2D eigenvalue weighted by atomic mass is 35.5. The van der Waals surface area contributed by atoms with Crippen LogP contribution in [0, 0.1) is 5.41 Å². The second-order valence-electron chi connectivity index (χ2n) is 5.62. The summed E-state index contributed by atoms with van der Waals surface area (Å²) in [5.41, 5.74) is 16.8. The van der Waals surface area contributed by atoms with Crippen molar-refractivity contribution in [2.45, 2.75) is 32.6 Å². The van der Waals surface area contributed by atoms with E-state index in [2.05, 4.69) is 9.63 Å². The average molecular weight is 410 g/mol. The Balaban J connectivity index is 3.52. The molecular formula is C14H24ClFN6O3P+. The van der Waals surface area contributed by atoms with Crippen molar-refractivity contribution in [2.75, 3.05) is 6.54 Å². The molecule has 0 heterocycles. The Hall–Kier alpha value is -1.87. The van der Waals surface area contributed by atoms with Gasteiger partial charge < -0.3 is 21.7 Å². The Morgan fingerprint density at radius 2 is 2.04 bits per heavy atom. The average Bonchev–Trinajstić information content (AvgIpc) is 2.48. The molecule has 0 amide bonds. The molecule has 0 spiro atoms. The number of halogens is 2. The van der Waals surface area contributed by atoms with Crippen molar-refractivity contribution in [3.63, 3.8) is 0 Å². The Bertz CT molecular complexity index is 725. The third kappa shape index (κ3) is 6.14. The van der Waals surface area contributed by atoms with Gasteiger partial charge in [0, 0.05) is 17.2 Å². The number of nitrogens with zero attached hydrogens (tertiary/aromatic N) is 2. The minimum Gasteiger partial charge on any atom is -0.394 e. The van der Waals surface area contributed by atoms with Gasteiger partial charge in [-0.15, -0.1) is 4.20 Å². The maximum atomic E-state index is 13.3. The highest BCUT2D eigenvalue weighted by Gasteiger charge is 2.40. The molecule has 12 heteroatoms. The number of guanidine groups is 2. The van der Waals surface area contributed by atoms with Gasteiger partial charge in [-0.1, -0.05) is 36.0 Å². The molecule has 1 rings (SSSR count). The first-order valence-electron chi connectivity index (χ1n) is 7.88. The van der Waals surface area contributed by atoms with E-state index >= 15 is 0 Å². The summed E-state index contributed by atoms with van der Waals surface area (Å²) in [6, 6.07) is 3.92. The van der Waals surface area contributed by atoms with E-state index in [1.165, 1.54) is 12.1 Å². The molecule has 0 aliphatic heterocycles. The molecule has 1 aromatic carbocycles. The van der Waals surface area contributed by atoms with Gasteiger partial charge in [-0.05, 0) is 24.0 Å². The molecule has 0 aliphatic rings. The molecule has 8 N–H and O–H groups in total. The summed E-state index contributed by atoms with van der Waals surface area (Å²) in [5, 5.41) is 12.2.